The molecule has 3 saturated heterocycles. The van der Waals surface area contributed by atoms with E-state index in [1.54, 1.807) is 11.3 Å². The van der Waals surface area contributed by atoms with Gasteiger partial charge in [-0.1, -0.05) is 6.07 Å². The largest absolute Gasteiger partial charge is 0.504 e. The lowest BCUT2D eigenvalue weighted by molar-refractivity contribution is -0.131. The van der Waals surface area contributed by atoms with Gasteiger partial charge in [0.25, 0.3) is 0 Å². The van der Waals surface area contributed by atoms with Gasteiger partial charge in [-0.25, -0.2) is 4.98 Å². The first-order chi connectivity index (χ1) is 15.7. The van der Waals surface area contributed by atoms with Crippen molar-refractivity contribution in [2.45, 2.75) is 75.1 Å². The lowest BCUT2D eigenvalue weighted by Crippen LogP contribution is -2.72. The van der Waals surface area contributed by atoms with E-state index in [2.05, 4.69) is 26.2 Å². The van der Waals surface area contributed by atoms with Gasteiger partial charge in [-0.2, -0.15) is 0 Å². The van der Waals surface area contributed by atoms with Gasteiger partial charge in [-0.05, 0) is 75.6 Å². The van der Waals surface area contributed by atoms with Gasteiger partial charge in [0.2, 0.25) is 0 Å². The second kappa shape index (κ2) is 6.28. The van der Waals surface area contributed by atoms with Gasteiger partial charge in [0.15, 0.2) is 11.5 Å². The Morgan fingerprint density at radius 3 is 2.88 bits per heavy atom. The minimum absolute atomic E-state index is 0.0694. The van der Waals surface area contributed by atoms with E-state index in [0.717, 1.165) is 31.2 Å². The molecule has 1 N–H and O–H groups in total. The first-order valence-corrected chi connectivity index (χ1v) is 13.5. The van der Waals surface area contributed by atoms with Crippen molar-refractivity contribution in [3.05, 3.63) is 39.8 Å². The van der Waals surface area contributed by atoms with E-state index in [-0.39, 0.29) is 16.9 Å². The predicted octanol–water partition coefficient (Wildman–Crippen LogP) is 3.94. The van der Waals surface area contributed by atoms with Crippen molar-refractivity contribution >= 4 is 11.3 Å². The molecule has 168 valence electrons. The summed E-state index contributed by atoms with van der Waals surface area (Å²) >= 11 is 1.77. The molecule has 32 heavy (non-hydrogen) atoms. The average molecular weight is 450 g/mol. The quantitative estimate of drug-likeness (QED) is 0.766. The van der Waals surface area contributed by atoms with Crippen LogP contribution in [0.15, 0.2) is 23.7 Å². The van der Waals surface area contributed by atoms with Crippen molar-refractivity contribution in [2.24, 2.45) is 11.3 Å². The van der Waals surface area contributed by atoms with Crippen LogP contribution in [0.2, 0.25) is 0 Å². The maximum Gasteiger partial charge on any atom is 0.165 e. The van der Waals surface area contributed by atoms with Crippen molar-refractivity contribution in [3.8, 4) is 11.5 Å². The van der Waals surface area contributed by atoms with E-state index in [9.17, 15) is 5.11 Å². The number of ether oxygens (including phenoxy) is 1. The van der Waals surface area contributed by atoms with E-state index in [0.29, 0.717) is 17.8 Å². The summed E-state index contributed by atoms with van der Waals surface area (Å²) in [5.41, 5.74) is 3.20. The van der Waals surface area contributed by atoms with Crippen LogP contribution in [-0.4, -0.2) is 57.7 Å². The molecule has 9 rings (SSSR count). The summed E-state index contributed by atoms with van der Waals surface area (Å²) in [5, 5.41) is 14.2. The standard InChI is InChI=1S/C26H31N3O2S/c30-19-4-3-17-13-20-25-6-5-18(28(10-7-25)15-21-27-9-12-32-21)24-26(25,22(17)23(19)31-24)8-11-29(20)14-16-1-2-16/h3-4,9,12,16,18,20,24,30H,1-2,5-8,10-11,13-15H2/t18-,20-,24+,25-,26+/m1/s1. The van der Waals surface area contributed by atoms with Crippen LogP contribution in [0.5, 0.6) is 11.5 Å². The molecule has 1 aromatic heterocycles. The number of phenolic OH excluding ortho intramolecular Hbond substituents is 1. The molecule has 1 aromatic carbocycles. The number of benzene rings is 1. The Labute approximate surface area is 193 Å². The van der Waals surface area contributed by atoms with Crippen LogP contribution in [0.25, 0.3) is 0 Å². The zero-order chi connectivity index (χ0) is 21.1. The smallest absolute Gasteiger partial charge is 0.165 e. The molecular weight excluding hydrogens is 418 g/mol. The predicted molar refractivity (Wildman–Crippen MR) is 123 cm³/mol. The normalized spacial score (nSPS) is 39.6. The molecule has 0 radical (unpaired) electrons. The maximum atomic E-state index is 10.9. The number of hydrogen-bond donors (Lipinski definition) is 1. The van der Waals surface area contributed by atoms with Crippen LogP contribution in [0.3, 0.4) is 0 Å². The molecule has 5 heterocycles. The number of aromatic hydroxyl groups is 1. The third-order valence-corrected chi connectivity index (χ3v) is 10.9. The minimum Gasteiger partial charge on any atom is -0.504 e. The Morgan fingerprint density at radius 2 is 2.03 bits per heavy atom. The van der Waals surface area contributed by atoms with E-state index >= 15 is 0 Å². The zero-order valence-corrected chi connectivity index (χ0v) is 19.3. The van der Waals surface area contributed by atoms with Crippen molar-refractivity contribution in [2.75, 3.05) is 19.6 Å². The fourth-order valence-corrected chi connectivity index (χ4v) is 9.41. The molecule has 0 unspecified atom stereocenters. The van der Waals surface area contributed by atoms with Gasteiger partial charge in [-0.15, -0.1) is 11.3 Å². The average Bonchev–Trinajstić information content (AvgIpc) is 3.41. The fraction of sp³-hybridized carbons (Fsp3) is 0.654. The van der Waals surface area contributed by atoms with Gasteiger partial charge in [0, 0.05) is 46.6 Å². The number of phenols is 1. The molecule has 5 atom stereocenters. The molecule has 2 aromatic rings. The fourth-order valence-electron chi connectivity index (χ4n) is 8.77. The third kappa shape index (κ3) is 2.20. The highest BCUT2D eigenvalue weighted by molar-refractivity contribution is 7.09. The number of thiazole rings is 1. The van der Waals surface area contributed by atoms with Crippen LogP contribution >= 0.6 is 11.3 Å². The van der Waals surface area contributed by atoms with E-state index in [1.165, 1.54) is 67.7 Å². The Hall–Kier alpha value is -1.63. The second-order valence-corrected chi connectivity index (χ2v) is 12.3. The molecule has 5 fully saturated rings. The van der Waals surface area contributed by atoms with Crippen LogP contribution < -0.4 is 4.74 Å². The molecule has 0 amide bonds. The number of fused-ring (bicyclic) bond motifs is 3. The topological polar surface area (TPSA) is 48.8 Å². The lowest BCUT2D eigenvalue weighted by atomic mass is 9.42. The number of rotatable bonds is 4. The summed E-state index contributed by atoms with van der Waals surface area (Å²) in [5.74, 6) is 2.11. The van der Waals surface area contributed by atoms with E-state index in [4.69, 9.17) is 4.74 Å². The Bertz CT molecular complexity index is 1080. The Balaban J connectivity index is 1.30. The molecule has 5 nitrogen and oxygen atoms in total. The van der Waals surface area contributed by atoms with Gasteiger partial charge < -0.3 is 9.84 Å². The summed E-state index contributed by atoms with van der Waals surface area (Å²) in [4.78, 5) is 10.2. The first kappa shape index (κ1) is 18.8. The van der Waals surface area contributed by atoms with Crippen molar-refractivity contribution in [1.82, 2.24) is 14.8 Å². The van der Waals surface area contributed by atoms with Crippen molar-refractivity contribution in [3.63, 3.8) is 0 Å². The molecular formula is C26H31N3O2S. The summed E-state index contributed by atoms with van der Waals surface area (Å²) < 4.78 is 6.87. The van der Waals surface area contributed by atoms with Crippen molar-refractivity contribution < 1.29 is 9.84 Å². The Kier molecular flexibility index (Phi) is 3.68. The number of likely N-dealkylation sites (tertiary alicyclic amines) is 1. The highest BCUT2D eigenvalue weighted by atomic mass is 32.1. The number of piperidine rings is 1. The molecule has 2 spiro atoms. The van der Waals surface area contributed by atoms with Gasteiger partial charge in [-0.3, -0.25) is 9.80 Å². The van der Waals surface area contributed by atoms with E-state index in [1.807, 2.05) is 12.3 Å². The lowest BCUT2D eigenvalue weighted by Gasteiger charge is -2.66. The van der Waals surface area contributed by atoms with Gasteiger partial charge >= 0.3 is 0 Å². The molecule has 2 saturated carbocycles. The van der Waals surface area contributed by atoms with Crippen LogP contribution in [0, 0.1) is 11.3 Å². The first-order valence-electron chi connectivity index (χ1n) is 12.6. The van der Waals surface area contributed by atoms with Gasteiger partial charge in [0.1, 0.15) is 11.1 Å². The molecule has 7 aliphatic rings. The van der Waals surface area contributed by atoms with Crippen LogP contribution in [0.4, 0.5) is 0 Å². The number of nitrogens with zero attached hydrogens (tertiary/aromatic N) is 3. The highest BCUT2D eigenvalue weighted by Gasteiger charge is 2.74. The molecule has 3 aliphatic carbocycles. The minimum atomic E-state index is 0.0694. The third-order valence-electron chi connectivity index (χ3n) is 10.1. The number of hydrogen-bond acceptors (Lipinski definition) is 6. The number of aromatic nitrogens is 1. The SMILES string of the molecule is Oc1ccc2c3c1O[C@H]1[C@H]4CC[C@@]5(CCN4Cc4nccs4)[C@@H](C2)N(CC2CC2)CC[C@]315. The monoisotopic (exact) mass is 449 g/mol. The highest BCUT2D eigenvalue weighted by Crippen LogP contribution is 2.71. The molecule has 4 aliphatic heterocycles. The van der Waals surface area contributed by atoms with Crippen LogP contribution in [-0.2, 0) is 18.4 Å². The second-order valence-electron chi connectivity index (χ2n) is 11.3. The van der Waals surface area contributed by atoms with Gasteiger partial charge in [0.05, 0.1) is 6.54 Å². The summed E-state index contributed by atoms with van der Waals surface area (Å²) in [6.07, 6.45) is 11.0. The Morgan fingerprint density at radius 1 is 1.12 bits per heavy atom. The zero-order valence-electron chi connectivity index (χ0n) is 18.5. The summed E-state index contributed by atoms with van der Waals surface area (Å²) in [6.45, 7) is 4.56. The molecule has 6 heteroatoms. The molecule has 4 bridgehead atoms. The van der Waals surface area contributed by atoms with E-state index < -0.39 is 0 Å². The van der Waals surface area contributed by atoms with Crippen molar-refractivity contribution in [1.29, 1.82) is 0 Å². The van der Waals surface area contributed by atoms with Crippen LogP contribution in [0.1, 0.15) is 54.7 Å². The summed E-state index contributed by atoms with van der Waals surface area (Å²) in [6, 6.07) is 5.13. The summed E-state index contributed by atoms with van der Waals surface area (Å²) in [7, 11) is 0. The maximum absolute atomic E-state index is 10.9.